The standard InChI is InChI=1S/C24H28N2O2/c1-23(25,26-22(27)18-17-19-11-5-2-6-12-19)24(28,20-13-7-3-8-14-20)21-15-9-4-10-16-21/h2-16,22,26-28H,17-18,25H2,1H3. The van der Waals surface area contributed by atoms with Crippen LogP contribution in [0.3, 0.4) is 0 Å². The summed E-state index contributed by atoms with van der Waals surface area (Å²) in [6, 6.07) is 28.6. The molecule has 3 aromatic carbocycles. The molecular formula is C24H28N2O2. The zero-order valence-electron chi connectivity index (χ0n) is 16.1. The summed E-state index contributed by atoms with van der Waals surface area (Å²) in [7, 11) is 0. The Morgan fingerprint density at radius 1 is 0.821 bits per heavy atom. The van der Waals surface area contributed by atoms with Crippen LogP contribution in [-0.4, -0.2) is 22.1 Å². The second kappa shape index (κ2) is 8.67. The van der Waals surface area contributed by atoms with Gasteiger partial charge in [-0.25, -0.2) is 0 Å². The Labute approximate surface area is 166 Å². The van der Waals surface area contributed by atoms with Crippen LogP contribution >= 0.6 is 0 Å². The smallest absolute Gasteiger partial charge is 0.145 e. The number of aryl methyl sites for hydroxylation is 1. The third-order valence-electron chi connectivity index (χ3n) is 5.15. The minimum atomic E-state index is -1.52. The van der Waals surface area contributed by atoms with Crippen molar-refractivity contribution >= 4 is 0 Å². The number of benzene rings is 3. The minimum absolute atomic E-state index is 0.483. The van der Waals surface area contributed by atoms with Crippen LogP contribution in [0.25, 0.3) is 0 Å². The molecule has 4 heteroatoms. The molecule has 146 valence electrons. The first-order valence-corrected chi connectivity index (χ1v) is 9.55. The van der Waals surface area contributed by atoms with E-state index in [9.17, 15) is 10.2 Å². The summed E-state index contributed by atoms with van der Waals surface area (Å²) in [4.78, 5) is 0. The van der Waals surface area contributed by atoms with Crippen molar-refractivity contribution in [1.29, 1.82) is 0 Å². The molecule has 0 radical (unpaired) electrons. The van der Waals surface area contributed by atoms with Crippen molar-refractivity contribution < 1.29 is 10.2 Å². The molecule has 28 heavy (non-hydrogen) atoms. The highest BCUT2D eigenvalue weighted by atomic mass is 16.3. The van der Waals surface area contributed by atoms with Gasteiger partial charge in [-0.3, -0.25) is 5.32 Å². The number of aliphatic hydroxyl groups excluding tert-OH is 1. The molecule has 0 amide bonds. The predicted molar refractivity (Wildman–Crippen MR) is 112 cm³/mol. The molecule has 0 heterocycles. The van der Waals surface area contributed by atoms with Gasteiger partial charge in [0.05, 0.1) is 0 Å². The van der Waals surface area contributed by atoms with E-state index in [1.165, 1.54) is 0 Å². The van der Waals surface area contributed by atoms with Crippen LogP contribution in [0.2, 0.25) is 0 Å². The van der Waals surface area contributed by atoms with E-state index in [1.807, 2.05) is 91.0 Å². The van der Waals surface area contributed by atoms with E-state index in [-0.39, 0.29) is 0 Å². The third kappa shape index (κ3) is 4.32. The Kier molecular flexibility index (Phi) is 6.27. The van der Waals surface area contributed by atoms with Crippen LogP contribution in [0.4, 0.5) is 0 Å². The van der Waals surface area contributed by atoms with Crippen molar-refractivity contribution in [2.75, 3.05) is 0 Å². The lowest BCUT2D eigenvalue weighted by atomic mass is 9.76. The molecule has 0 aliphatic heterocycles. The molecule has 0 aliphatic carbocycles. The maximum absolute atomic E-state index is 11.8. The summed E-state index contributed by atoms with van der Waals surface area (Å²) in [5.74, 6) is 0. The zero-order valence-corrected chi connectivity index (χ0v) is 16.1. The van der Waals surface area contributed by atoms with Crippen LogP contribution in [0, 0.1) is 0 Å². The molecule has 3 aromatic rings. The van der Waals surface area contributed by atoms with Crippen molar-refractivity contribution in [2.45, 2.75) is 37.3 Å². The lowest BCUT2D eigenvalue weighted by Gasteiger charge is -2.45. The first kappa shape index (κ1) is 20.2. The van der Waals surface area contributed by atoms with Crippen molar-refractivity contribution in [3.63, 3.8) is 0 Å². The number of aliphatic hydroxyl groups is 2. The van der Waals surface area contributed by atoms with E-state index in [1.54, 1.807) is 6.92 Å². The van der Waals surface area contributed by atoms with Crippen LogP contribution in [0.15, 0.2) is 91.0 Å². The van der Waals surface area contributed by atoms with Crippen LogP contribution in [-0.2, 0) is 12.0 Å². The second-order valence-electron chi connectivity index (χ2n) is 7.33. The average molecular weight is 377 g/mol. The van der Waals surface area contributed by atoms with Crippen LogP contribution in [0.5, 0.6) is 0 Å². The molecule has 3 rings (SSSR count). The van der Waals surface area contributed by atoms with Crippen molar-refractivity contribution in [3.8, 4) is 0 Å². The summed E-state index contributed by atoms with van der Waals surface area (Å²) < 4.78 is 0. The first-order chi connectivity index (χ1) is 13.4. The van der Waals surface area contributed by atoms with Gasteiger partial charge in [0, 0.05) is 0 Å². The Morgan fingerprint density at radius 3 is 1.71 bits per heavy atom. The van der Waals surface area contributed by atoms with E-state index in [2.05, 4.69) is 5.32 Å². The molecule has 0 aliphatic rings. The van der Waals surface area contributed by atoms with Gasteiger partial charge < -0.3 is 15.9 Å². The fraction of sp³-hybridized carbons (Fsp3) is 0.250. The minimum Gasteiger partial charge on any atom is -0.379 e. The fourth-order valence-corrected chi connectivity index (χ4v) is 3.60. The quantitative estimate of drug-likeness (QED) is 0.456. The monoisotopic (exact) mass is 376 g/mol. The molecular weight excluding hydrogens is 348 g/mol. The van der Waals surface area contributed by atoms with Crippen LogP contribution in [0.1, 0.15) is 30.0 Å². The number of rotatable bonds is 8. The van der Waals surface area contributed by atoms with E-state index < -0.39 is 17.5 Å². The largest absolute Gasteiger partial charge is 0.379 e. The maximum Gasteiger partial charge on any atom is 0.145 e. The van der Waals surface area contributed by atoms with Gasteiger partial charge in [0.1, 0.15) is 17.5 Å². The Morgan fingerprint density at radius 2 is 1.25 bits per heavy atom. The average Bonchev–Trinajstić information content (AvgIpc) is 2.73. The first-order valence-electron chi connectivity index (χ1n) is 9.55. The lowest BCUT2D eigenvalue weighted by Crippen LogP contribution is -2.68. The topological polar surface area (TPSA) is 78.5 Å². The van der Waals surface area contributed by atoms with E-state index in [0.29, 0.717) is 24.0 Å². The maximum atomic E-state index is 11.8. The summed E-state index contributed by atoms with van der Waals surface area (Å²) >= 11 is 0. The van der Waals surface area contributed by atoms with Gasteiger partial charge in [-0.1, -0.05) is 91.0 Å². The molecule has 0 spiro atoms. The van der Waals surface area contributed by atoms with Crippen molar-refractivity contribution in [1.82, 2.24) is 5.32 Å². The SMILES string of the molecule is CC(N)(NC(O)CCc1ccccc1)C(O)(c1ccccc1)c1ccccc1. The summed E-state index contributed by atoms with van der Waals surface area (Å²) in [5, 5.41) is 25.5. The van der Waals surface area contributed by atoms with Crippen molar-refractivity contribution in [2.24, 2.45) is 5.73 Å². The predicted octanol–water partition coefficient (Wildman–Crippen LogP) is 3.14. The van der Waals surface area contributed by atoms with E-state index in [0.717, 1.165) is 5.56 Å². The van der Waals surface area contributed by atoms with Gasteiger partial charge in [0.25, 0.3) is 0 Å². The molecule has 0 saturated carbocycles. The third-order valence-corrected chi connectivity index (χ3v) is 5.15. The lowest BCUT2D eigenvalue weighted by molar-refractivity contribution is -0.0432. The van der Waals surface area contributed by atoms with Gasteiger partial charge in [-0.2, -0.15) is 0 Å². The molecule has 0 aromatic heterocycles. The van der Waals surface area contributed by atoms with E-state index >= 15 is 0 Å². The summed E-state index contributed by atoms with van der Waals surface area (Å²) in [5.41, 5.74) is 6.23. The summed E-state index contributed by atoms with van der Waals surface area (Å²) in [6.45, 7) is 1.71. The molecule has 2 atom stereocenters. The molecule has 2 unspecified atom stereocenters. The second-order valence-corrected chi connectivity index (χ2v) is 7.33. The molecule has 4 nitrogen and oxygen atoms in total. The fourth-order valence-electron chi connectivity index (χ4n) is 3.60. The van der Waals surface area contributed by atoms with Gasteiger partial charge >= 0.3 is 0 Å². The zero-order chi connectivity index (χ0) is 20.0. The number of nitrogens with one attached hydrogen (secondary N) is 1. The Hall–Kier alpha value is -2.50. The molecule has 0 bridgehead atoms. The van der Waals surface area contributed by atoms with Crippen LogP contribution < -0.4 is 11.1 Å². The number of hydrogen-bond acceptors (Lipinski definition) is 4. The highest BCUT2D eigenvalue weighted by molar-refractivity contribution is 5.40. The van der Waals surface area contributed by atoms with Crippen molar-refractivity contribution in [3.05, 3.63) is 108 Å². The molecule has 0 saturated heterocycles. The van der Waals surface area contributed by atoms with Gasteiger partial charge in [-0.05, 0) is 36.5 Å². The number of nitrogens with two attached hydrogens (primary N) is 1. The highest BCUT2D eigenvalue weighted by Gasteiger charge is 2.47. The van der Waals surface area contributed by atoms with E-state index in [4.69, 9.17) is 5.73 Å². The number of hydrogen-bond donors (Lipinski definition) is 4. The molecule has 0 fully saturated rings. The van der Waals surface area contributed by atoms with Gasteiger partial charge in [0.15, 0.2) is 0 Å². The van der Waals surface area contributed by atoms with Gasteiger partial charge in [0.2, 0.25) is 0 Å². The Bertz CT molecular complexity index is 812. The summed E-state index contributed by atoms with van der Waals surface area (Å²) in [6.07, 6.45) is 0.325. The molecule has 5 N–H and O–H groups in total. The highest BCUT2D eigenvalue weighted by Crippen LogP contribution is 2.37. The van der Waals surface area contributed by atoms with Gasteiger partial charge in [-0.15, -0.1) is 0 Å². The Balaban J connectivity index is 1.84. The normalized spacial score (nSPS) is 15.0.